The fourth-order valence-corrected chi connectivity index (χ4v) is 2.60. The van der Waals surface area contributed by atoms with Gasteiger partial charge in [0.05, 0.1) is 7.11 Å². The molecule has 0 bridgehead atoms. The molecule has 0 spiro atoms. The SMILES string of the molecule is COc1ccccc1CNc1cc(NCc2cccc(C)c2)ncn1. The fraction of sp³-hybridized carbons (Fsp3) is 0.200. The highest BCUT2D eigenvalue weighted by atomic mass is 16.5. The van der Waals surface area contributed by atoms with E-state index in [9.17, 15) is 0 Å². The Morgan fingerprint density at radius 3 is 2.40 bits per heavy atom. The number of aromatic nitrogens is 2. The number of rotatable bonds is 7. The van der Waals surface area contributed by atoms with Gasteiger partial charge in [-0.1, -0.05) is 48.0 Å². The molecular weight excluding hydrogens is 312 g/mol. The zero-order chi connectivity index (χ0) is 17.5. The molecule has 5 heteroatoms. The Morgan fingerprint density at radius 1 is 0.880 bits per heavy atom. The van der Waals surface area contributed by atoms with Crippen LogP contribution in [0, 0.1) is 6.92 Å². The van der Waals surface area contributed by atoms with Crippen LogP contribution in [-0.4, -0.2) is 17.1 Å². The molecule has 0 aliphatic heterocycles. The van der Waals surface area contributed by atoms with E-state index in [1.54, 1.807) is 13.4 Å². The monoisotopic (exact) mass is 334 g/mol. The predicted molar refractivity (Wildman–Crippen MR) is 101 cm³/mol. The lowest BCUT2D eigenvalue weighted by atomic mass is 10.1. The summed E-state index contributed by atoms with van der Waals surface area (Å²) in [6.07, 6.45) is 1.56. The second-order valence-electron chi connectivity index (χ2n) is 5.80. The van der Waals surface area contributed by atoms with Gasteiger partial charge in [0.2, 0.25) is 0 Å². The first-order valence-corrected chi connectivity index (χ1v) is 8.22. The van der Waals surface area contributed by atoms with Crippen LogP contribution in [0.25, 0.3) is 0 Å². The Labute approximate surface area is 148 Å². The number of para-hydroxylation sites is 1. The Bertz CT molecular complexity index is 835. The highest BCUT2D eigenvalue weighted by molar-refractivity contribution is 5.48. The van der Waals surface area contributed by atoms with Crippen LogP contribution >= 0.6 is 0 Å². The summed E-state index contributed by atoms with van der Waals surface area (Å²) in [5.74, 6) is 2.42. The van der Waals surface area contributed by atoms with Crippen LogP contribution in [-0.2, 0) is 13.1 Å². The smallest absolute Gasteiger partial charge is 0.131 e. The minimum atomic E-state index is 0.637. The van der Waals surface area contributed by atoms with E-state index in [4.69, 9.17) is 4.74 Å². The van der Waals surface area contributed by atoms with E-state index in [1.165, 1.54) is 11.1 Å². The van der Waals surface area contributed by atoms with Gasteiger partial charge < -0.3 is 15.4 Å². The fourth-order valence-electron chi connectivity index (χ4n) is 2.60. The van der Waals surface area contributed by atoms with Crippen LogP contribution in [0.2, 0.25) is 0 Å². The molecule has 0 amide bonds. The van der Waals surface area contributed by atoms with Crippen molar-refractivity contribution in [1.82, 2.24) is 9.97 Å². The summed E-state index contributed by atoms with van der Waals surface area (Å²) in [7, 11) is 1.68. The molecule has 3 aromatic rings. The molecule has 0 atom stereocenters. The summed E-state index contributed by atoms with van der Waals surface area (Å²) < 4.78 is 5.37. The number of benzene rings is 2. The van der Waals surface area contributed by atoms with Crippen molar-refractivity contribution in [1.29, 1.82) is 0 Å². The molecule has 2 N–H and O–H groups in total. The summed E-state index contributed by atoms with van der Waals surface area (Å²) in [5, 5.41) is 6.65. The molecule has 2 aromatic carbocycles. The molecule has 3 rings (SSSR count). The van der Waals surface area contributed by atoms with E-state index in [0.29, 0.717) is 6.54 Å². The third-order valence-electron chi connectivity index (χ3n) is 3.88. The molecule has 0 fully saturated rings. The van der Waals surface area contributed by atoms with Gasteiger partial charge in [-0.05, 0) is 18.6 Å². The van der Waals surface area contributed by atoms with Crippen LogP contribution in [0.5, 0.6) is 5.75 Å². The quantitative estimate of drug-likeness (QED) is 0.683. The predicted octanol–water partition coefficient (Wildman–Crippen LogP) is 4.02. The standard InChI is InChI=1S/C20H22N4O/c1-15-6-5-7-16(10-15)12-21-19-11-20(24-14-23-19)22-13-17-8-3-4-9-18(17)25-2/h3-11,14H,12-13H2,1-2H3,(H2,21,22,23,24). The van der Waals surface area contributed by atoms with Gasteiger partial charge in [0, 0.05) is 24.7 Å². The summed E-state index contributed by atoms with van der Waals surface area (Å²) >= 11 is 0. The number of methoxy groups -OCH3 is 1. The second-order valence-corrected chi connectivity index (χ2v) is 5.80. The van der Waals surface area contributed by atoms with E-state index in [-0.39, 0.29) is 0 Å². The Hall–Kier alpha value is -3.08. The van der Waals surface area contributed by atoms with Gasteiger partial charge >= 0.3 is 0 Å². The van der Waals surface area contributed by atoms with Gasteiger partial charge in [0.15, 0.2) is 0 Å². The zero-order valence-corrected chi connectivity index (χ0v) is 14.5. The molecule has 1 heterocycles. The van der Waals surface area contributed by atoms with Crippen molar-refractivity contribution in [2.45, 2.75) is 20.0 Å². The van der Waals surface area contributed by atoms with Crippen LogP contribution in [0.4, 0.5) is 11.6 Å². The summed E-state index contributed by atoms with van der Waals surface area (Å²) in [6, 6.07) is 18.3. The Kier molecular flexibility index (Phi) is 5.46. The maximum absolute atomic E-state index is 5.37. The van der Waals surface area contributed by atoms with Crippen molar-refractivity contribution in [2.75, 3.05) is 17.7 Å². The molecule has 0 unspecified atom stereocenters. The summed E-state index contributed by atoms with van der Waals surface area (Å²) in [4.78, 5) is 8.55. The van der Waals surface area contributed by atoms with Gasteiger partial charge in [-0.25, -0.2) is 9.97 Å². The average molecular weight is 334 g/mol. The van der Waals surface area contributed by atoms with Crippen molar-refractivity contribution in [2.24, 2.45) is 0 Å². The van der Waals surface area contributed by atoms with Crippen molar-refractivity contribution in [3.8, 4) is 5.75 Å². The van der Waals surface area contributed by atoms with Gasteiger partial charge in [-0.2, -0.15) is 0 Å². The van der Waals surface area contributed by atoms with Gasteiger partial charge in [0.25, 0.3) is 0 Å². The molecule has 5 nitrogen and oxygen atoms in total. The molecule has 128 valence electrons. The van der Waals surface area contributed by atoms with Crippen LogP contribution in [0.15, 0.2) is 60.9 Å². The Balaban J connectivity index is 1.61. The van der Waals surface area contributed by atoms with Gasteiger partial charge in [0.1, 0.15) is 23.7 Å². The van der Waals surface area contributed by atoms with Gasteiger partial charge in [-0.15, -0.1) is 0 Å². The third kappa shape index (κ3) is 4.70. The first-order valence-electron chi connectivity index (χ1n) is 8.22. The normalized spacial score (nSPS) is 10.3. The topological polar surface area (TPSA) is 59.1 Å². The molecule has 1 aromatic heterocycles. The van der Waals surface area contributed by atoms with Crippen LogP contribution in [0.1, 0.15) is 16.7 Å². The average Bonchev–Trinajstić information content (AvgIpc) is 2.65. The van der Waals surface area contributed by atoms with E-state index >= 15 is 0 Å². The van der Waals surface area contributed by atoms with E-state index < -0.39 is 0 Å². The minimum Gasteiger partial charge on any atom is -0.496 e. The maximum atomic E-state index is 5.37. The van der Waals surface area contributed by atoms with Crippen molar-refractivity contribution >= 4 is 11.6 Å². The number of nitrogens with one attached hydrogen (secondary N) is 2. The number of anilines is 2. The lowest BCUT2D eigenvalue weighted by Gasteiger charge is -2.11. The number of aryl methyl sites for hydroxylation is 1. The van der Waals surface area contributed by atoms with Crippen LogP contribution < -0.4 is 15.4 Å². The molecule has 0 aliphatic carbocycles. The van der Waals surface area contributed by atoms with Crippen LogP contribution in [0.3, 0.4) is 0 Å². The van der Waals surface area contributed by atoms with Crippen molar-refractivity contribution < 1.29 is 4.74 Å². The minimum absolute atomic E-state index is 0.637. The largest absolute Gasteiger partial charge is 0.496 e. The van der Waals surface area contributed by atoms with Crippen molar-refractivity contribution in [3.63, 3.8) is 0 Å². The lowest BCUT2D eigenvalue weighted by molar-refractivity contribution is 0.410. The molecule has 0 saturated carbocycles. The van der Waals surface area contributed by atoms with E-state index in [2.05, 4.69) is 51.8 Å². The number of hydrogen-bond donors (Lipinski definition) is 2. The maximum Gasteiger partial charge on any atom is 0.131 e. The molecule has 25 heavy (non-hydrogen) atoms. The second kappa shape index (κ2) is 8.15. The zero-order valence-electron chi connectivity index (χ0n) is 14.5. The summed E-state index contributed by atoms with van der Waals surface area (Å²) in [6.45, 7) is 3.46. The molecule has 0 saturated heterocycles. The highest BCUT2D eigenvalue weighted by Gasteiger charge is 2.03. The van der Waals surface area contributed by atoms with Gasteiger partial charge in [-0.3, -0.25) is 0 Å². The molecular formula is C20H22N4O. The van der Waals surface area contributed by atoms with E-state index in [0.717, 1.165) is 29.5 Å². The lowest BCUT2D eigenvalue weighted by Crippen LogP contribution is -2.06. The third-order valence-corrected chi connectivity index (χ3v) is 3.88. The van der Waals surface area contributed by atoms with E-state index in [1.807, 2.05) is 30.3 Å². The highest BCUT2D eigenvalue weighted by Crippen LogP contribution is 2.19. The first-order chi connectivity index (χ1) is 12.2. The van der Waals surface area contributed by atoms with Crippen molar-refractivity contribution in [3.05, 3.63) is 77.6 Å². The number of nitrogens with zero attached hydrogens (tertiary/aromatic N) is 2. The number of ether oxygens (including phenoxy) is 1. The summed E-state index contributed by atoms with van der Waals surface area (Å²) in [5.41, 5.74) is 3.56. The molecule has 0 radical (unpaired) electrons. The first kappa shape index (κ1) is 16.8. The number of hydrogen-bond acceptors (Lipinski definition) is 5. The molecule has 0 aliphatic rings. The Morgan fingerprint density at radius 2 is 1.64 bits per heavy atom.